The first kappa shape index (κ1) is 15.5. The minimum absolute atomic E-state index is 0.219. The highest BCUT2D eigenvalue weighted by Crippen LogP contribution is 2.35. The van der Waals surface area contributed by atoms with Gasteiger partial charge < -0.3 is 10.3 Å². The third kappa shape index (κ3) is 3.05. The number of nitrogens with one attached hydrogen (secondary N) is 2. The highest BCUT2D eigenvalue weighted by atomic mass is 16.2. The molecule has 122 valence electrons. The monoisotopic (exact) mass is 304 g/mol. The zero-order chi connectivity index (χ0) is 15.4. The standard InChI is InChI=1S/C17H28N4O/c1-14-15(20-13-19-14)12-18-16(22)17(8-4-2-5-9-17)21-10-6-3-7-11-21/h13H,2-12H2,1H3,(H,18,22)(H,19,20). The summed E-state index contributed by atoms with van der Waals surface area (Å²) < 4.78 is 0. The van der Waals surface area contributed by atoms with Crippen LogP contribution in [-0.2, 0) is 11.3 Å². The van der Waals surface area contributed by atoms with E-state index >= 15 is 0 Å². The van der Waals surface area contributed by atoms with E-state index in [4.69, 9.17) is 0 Å². The van der Waals surface area contributed by atoms with Crippen LogP contribution in [0.4, 0.5) is 0 Å². The lowest BCUT2D eigenvalue weighted by Gasteiger charge is -2.46. The molecule has 2 aliphatic rings. The number of H-pyrrole nitrogens is 1. The largest absolute Gasteiger partial charge is 0.349 e. The SMILES string of the molecule is Cc1[nH]cnc1CNC(=O)C1(N2CCCCC2)CCCCC1. The lowest BCUT2D eigenvalue weighted by Crippen LogP contribution is -2.60. The lowest BCUT2D eigenvalue weighted by molar-refractivity contribution is -0.137. The molecular weight excluding hydrogens is 276 g/mol. The van der Waals surface area contributed by atoms with E-state index in [-0.39, 0.29) is 11.4 Å². The van der Waals surface area contributed by atoms with Gasteiger partial charge in [-0.2, -0.15) is 0 Å². The molecule has 2 heterocycles. The van der Waals surface area contributed by atoms with Crippen molar-refractivity contribution >= 4 is 5.91 Å². The second-order valence-corrected chi connectivity index (χ2v) is 6.80. The average Bonchev–Trinajstić information content (AvgIpc) is 2.99. The summed E-state index contributed by atoms with van der Waals surface area (Å²) in [6.45, 7) is 4.68. The van der Waals surface area contributed by atoms with E-state index in [2.05, 4.69) is 20.2 Å². The first-order valence-electron chi connectivity index (χ1n) is 8.74. The fraction of sp³-hybridized carbons (Fsp3) is 0.765. The molecule has 0 spiro atoms. The van der Waals surface area contributed by atoms with Crippen LogP contribution in [-0.4, -0.2) is 39.4 Å². The third-order valence-corrected chi connectivity index (χ3v) is 5.42. The third-order valence-electron chi connectivity index (χ3n) is 5.42. The molecule has 0 atom stereocenters. The van der Waals surface area contributed by atoms with Crippen molar-refractivity contribution in [2.75, 3.05) is 13.1 Å². The summed E-state index contributed by atoms with van der Waals surface area (Å²) in [5.41, 5.74) is 1.72. The van der Waals surface area contributed by atoms with Crippen LogP contribution in [0.3, 0.4) is 0 Å². The van der Waals surface area contributed by atoms with Gasteiger partial charge in [-0.1, -0.05) is 25.7 Å². The van der Waals surface area contributed by atoms with E-state index in [1.165, 1.54) is 38.5 Å². The van der Waals surface area contributed by atoms with Crippen molar-refractivity contribution in [2.24, 2.45) is 0 Å². The number of piperidine rings is 1. The molecule has 5 nitrogen and oxygen atoms in total. The molecule has 3 rings (SSSR count). The Balaban J connectivity index is 1.70. The molecule has 2 N–H and O–H groups in total. The Hall–Kier alpha value is -1.36. The molecule has 1 aliphatic heterocycles. The van der Waals surface area contributed by atoms with Gasteiger partial charge in [0.05, 0.1) is 18.6 Å². The van der Waals surface area contributed by atoms with Crippen molar-refractivity contribution < 1.29 is 4.79 Å². The lowest BCUT2D eigenvalue weighted by atomic mass is 9.78. The van der Waals surface area contributed by atoms with Gasteiger partial charge in [0.15, 0.2) is 0 Å². The maximum absolute atomic E-state index is 13.0. The Morgan fingerprint density at radius 2 is 1.91 bits per heavy atom. The van der Waals surface area contributed by atoms with Gasteiger partial charge in [-0.15, -0.1) is 0 Å². The molecule has 0 aromatic carbocycles. The summed E-state index contributed by atoms with van der Waals surface area (Å²) in [5.74, 6) is 0.219. The minimum Gasteiger partial charge on any atom is -0.349 e. The van der Waals surface area contributed by atoms with Gasteiger partial charge in [0.25, 0.3) is 0 Å². The summed E-state index contributed by atoms with van der Waals surface area (Å²) in [5, 5.41) is 3.17. The summed E-state index contributed by atoms with van der Waals surface area (Å²) in [4.78, 5) is 22.9. The Labute approximate surface area is 132 Å². The van der Waals surface area contributed by atoms with Crippen molar-refractivity contribution in [3.05, 3.63) is 17.7 Å². The van der Waals surface area contributed by atoms with Crippen LogP contribution in [0.25, 0.3) is 0 Å². The van der Waals surface area contributed by atoms with Gasteiger partial charge in [-0.05, 0) is 45.7 Å². The molecule has 1 saturated heterocycles. The number of hydrogen-bond donors (Lipinski definition) is 2. The molecule has 1 amide bonds. The van der Waals surface area contributed by atoms with Crippen molar-refractivity contribution in [1.82, 2.24) is 20.2 Å². The number of likely N-dealkylation sites (tertiary alicyclic amines) is 1. The summed E-state index contributed by atoms with van der Waals surface area (Å²) >= 11 is 0. The smallest absolute Gasteiger partial charge is 0.240 e. The Morgan fingerprint density at radius 3 is 2.55 bits per heavy atom. The highest BCUT2D eigenvalue weighted by Gasteiger charge is 2.44. The van der Waals surface area contributed by atoms with E-state index in [1.807, 2.05) is 6.92 Å². The van der Waals surface area contributed by atoms with Gasteiger partial charge in [0.2, 0.25) is 5.91 Å². The summed E-state index contributed by atoms with van der Waals surface area (Å²) in [6, 6.07) is 0. The average molecular weight is 304 g/mol. The van der Waals surface area contributed by atoms with Gasteiger partial charge in [-0.25, -0.2) is 4.98 Å². The minimum atomic E-state index is -0.261. The summed E-state index contributed by atoms with van der Waals surface area (Å²) in [6.07, 6.45) is 11.1. The Morgan fingerprint density at radius 1 is 1.23 bits per heavy atom. The topological polar surface area (TPSA) is 61.0 Å². The van der Waals surface area contributed by atoms with Crippen LogP contribution in [0.2, 0.25) is 0 Å². The fourth-order valence-electron chi connectivity index (χ4n) is 4.04. The number of aryl methyl sites for hydroxylation is 1. The molecule has 0 radical (unpaired) electrons. The molecular formula is C17H28N4O. The molecule has 0 unspecified atom stereocenters. The zero-order valence-electron chi connectivity index (χ0n) is 13.7. The number of rotatable bonds is 4. The fourth-order valence-corrected chi connectivity index (χ4v) is 4.04. The van der Waals surface area contributed by atoms with Crippen LogP contribution < -0.4 is 5.32 Å². The van der Waals surface area contributed by atoms with Crippen LogP contribution in [0.5, 0.6) is 0 Å². The van der Waals surface area contributed by atoms with Crippen LogP contribution in [0.1, 0.15) is 62.8 Å². The molecule has 2 fully saturated rings. The zero-order valence-corrected chi connectivity index (χ0v) is 13.7. The van der Waals surface area contributed by atoms with Crippen molar-refractivity contribution in [3.8, 4) is 0 Å². The van der Waals surface area contributed by atoms with E-state index in [0.717, 1.165) is 37.3 Å². The predicted molar refractivity (Wildman–Crippen MR) is 86.4 cm³/mol. The number of carbonyl (C=O) groups excluding carboxylic acids is 1. The number of aromatic nitrogens is 2. The highest BCUT2D eigenvalue weighted by molar-refractivity contribution is 5.86. The quantitative estimate of drug-likeness (QED) is 0.898. The number of nitrogens with zero attached hydrogens (tertiary/aromatic N) is 2. The molecule has 5 heteroatoms. The van der Waals surface area contributed by atoms with Crippen LogP contribution in [0.15, 0.2) is 6.33 Å². The number of aromatic amines is 1. The Kier molecular flexibility index (Phi) is 4.81. The van der Waals surface area contributed by atoms with Gasteiger partial charge in [0.1, 0.15) is 5.54 Å². The number of imidazole rings is 1. The van der Waals surface area contributed by atoms with E-state index < -0.39 is 0 Å². The molecule has 1 aromatic heterocycles. The van der Waals surface area contributed by atoms with E-state index in [9.17, 15) is 4.79 Å². The Bertz CT molecular complexity index is 499. The second-order valence-electron chi connectivity index (χ2n) is 6.80. The van der Waals surface area contributed by atoms with Crippen molar-refractivity contribution in [2.45, 2.75) is 70.4 Å². The number of carbonyl (C=O) groups is 1. The first-order valence-corrected chi connectivity index (χ1v) is 8.74. The number of hydrogen-bond acceptors (Lipinski definition) is 3. The number of amides is 1. The molecule has 1 aromatic rings. The van der Waals surface area contributed by atoms with Gasteiger partial charge in [-0.3, -0.25) is 9.69 Å². The van der Waals surface area contributed by atoms with E-state index in [0.29, 0.717) is 6.54 Å². The van der Waals surface area contributed by atoms with E-state index in [1.54, 1.807) is 6.33 Å². The first-order chi connectivity index (χ1) is 10.7. The van der Waals surface area contributed by atoms with Gasteiger partial charge >= 0.3 is 0 Å². The van der Waals surface area contributed by atoms with Crippen LogP contribution in [0, 0.1) is 6.92 Å². The molecule has 1 aliphatic carbocycles. The molecule has 22 heavy (non-hydrogen) atoms. The second kappa shape index (κ2) is 6.82. The van der Waals surface area contributed by atoms with Crippen LogP contribution >= 0.6 is 0 Å². The van der Waals surface area contributed by atoms with Gasteiger partial charge in [0, 0.05) is 5.69 Å². The molecule has 1 saturated carbocycles. The van der Waals surface area contributed by atoms with Crippen molar-refractivity contribution in [3.63, 3.8) is 0 Å². The predicted octanol–water partition coefficient (Wildman–Crippen LogP) is 2.52. The maximum atomic E-state index is 13.0. The normalized spacial score (nSPS) is 22.4. The van der Waals surface area contributed by atoms with Crippen molar-refractivity contribution in [1.29, 1.82) is 0 Å². The summed E-state index contributed by atoms with van der Waals surface area (Å²) in [7, 11) is 0. The maximum Gasteiger partial charge on any atom is 0.240 e. The molecule has 0 bridgehead atoms.